The summed E-state index contributed by atoms with van der Waals surface area (Å²) in [7, 11) is 0. The molecule has 0 unspecified atom stereocenters. The molecule has 3 rings (SSSR count). The summed E-state index contributed by atoms with van der Waals surface area (Å²) in [5.74, 6) is -0.777. The van der Waals surface area contributed by atoms with E-state index in [2.05, 4.69) is 15.8 Å². The van der Waals surface area contributed by atoms with E-state index < -0.39 is 11.8 Å². The van der Waals surface area contributed by atoms with Gasteiger partial charge in [0.1, 0.15) is 23.9 Å². The first-order valence-corrected chi connectivity index (χ1v) is 10.4. The maximum Gasteiger partial charge on any atom is 0.329 e. The highest BCUT2D eigenvalue weighted by Gasteiger charge is 2.12. The number of hydrazone groups is 1. The predicted octanol–water partition coefficient (Wildman–Crippen LogP) is 4.28. The fourth-order valence-electron chi connectivity index (χ4n) is 2.69. The molecule has 0 aliphatic heterocycles. The van der Waals surface area contributed by atoms with Gasteiger partial charge >= 0.3 is 11.8 Å². The van der Waals surface area contributed by atoms with Gasteiger partial charge in [0.2, 0.25) is 0 Å². The van der Waals surface area contributed by atoms with Gasteiger partial charge in [0.05, 0.1) is 12.8 Å². The summed E-state index contributed by atoms with van der Waals surface area (Å²) in [5, 5.41) is 6.31. The molecule has 170 valence electrons. The summed E-state index contributed by atoms with van der Waals surface area (Å²) in [6, 6.07) is 19.8. The number of hydrogen-bond acceptors (Lipinski definition) is 5. The van der Waals surface area contributed by atoms with Gasteiger partial charge in [0, 0.05) is 5.69 Å². The Morgan fingerprint density at radius 1 is 0.939 bits per heavy atom. The molecule has 2 amide bonds. The second-order valence-corrected chi connectivity index (χ2v) is 7.01. The third kappa shape index (κ3) is 7.77. The monoisotopic (exact) mass is 449 g/mol. The number of carbonyl (C=O) groups is 2. The summed E-state index contributed by atoms with van der Waals surface area (Å²) >= 11 is 0. The number of halogens is 1. The lowest BCUT2D eigenvalue weighted by atomic mass is 10.2. The van der Waals surface area contributed by atoms with Crippen molar-refractivity contribution in [1.29, 1.82) is 0 Å². The number of rotatable bonds is 9. The molecular formula is C25H24FN3O4. The van der Waals surface area contributed by atoms with Crippen LogP contribution in [-0.4, -0.2) is 24.6 Å². The van der Waals surface area contributed by atoms with Crippen LogP contribution in [0.1, 0.15) is 24.5 Å². The van der Waals surface area contributed by atoms with Crippen LogP contribution >= 0.6 is 0 Å². The molecule has 7 nitrogen and oxygen atoms in total. The van der Waals surface area contributed by atoms with Gasteiger partial charge < -0.3 is 14.8 Å². The molecule has 33 heavy (non-hydrogen) atoms. The SMILES string of the molecule is CCCOc1ccc(NC(=O)C(=O)N/N=C\c2cccc(OCc3ccc(F)cc3)c2)cc1. The second-order valence-electron chi connectivity index (χ2n) is 7.01. The van der Waals surface area contributed by atoms with E-state index in [0.29, 0.717) is 29.4 Å². The van der Waals surface area contributed by atoms with Crippen LogP contribution in [0, 0.1) is 5.82 Å². The van der Waals surface area contributed by atoms with Crippen LogP contribution in [0.15, 0.2) is 77.9 Å². The van der Waals surface area contributed by atoms with E-state index in [4.69, 9.17) is 9.47 Å². The van der Waals surface area contributed by atoms with Gasteiger partial charge in [0.25, 0.3) is 0 Å². The van der Waals surface area contributed by atoms with Crippen molar-refractivity contribution < 1.29 is 23.5 Å². The van der Waals surface area contributed by atoms with Crippen LogP contribution < -0.4 is 20.2 Å². The molecule has 0 saturated carbocycles. The van der Waals surface area contributed by atoms with Crippen molar-refractivity contribution in [1.82, 2.24) is 5.43 Å². The zero-order chi connectivity index (χ0) is 23.5. The zero-order valence-corrected chi connectivity index (χ0v) is 18.1. The number of anilines is 1. The second kappa shape index (κ2) is 12.0. The predicted molar refractivity (Wildman–Crippen MR) is 124 cm³/mol. The van der Waals surface area contributed by atoms with Crippen molar-refractivity contribution >= 4 is 23.7 Å². The lowest BCUT2D eigenvalue weighted by Gasteiger charge is -2.07. The van der Waals surface area contributed by atoms with Crippen molar-refractivity contribution in [2.75, 3.05) is 11.9 Å². The van der Waals surface area contributed by atoms with Crippen LogP contribution in [-0.2, 0) is 16.2 Å². The molecule has 0 aliphatic carbocycles. The standard InChI is InChI=1S/C25H24FN3O4/c1-2-14-32-22-12-10-21(11-13-22)28-24(30)25(31)29-27-16-19-4-3-5-23(15-19)33-17-18-6-8-20(26)9-7-18/h3-13,15-16H,2,14,17H2,1H3,(H,28,30)(H,29,31)/b27-16-. The molecule has 0 aromatic heterocycles. The van der Waals surface area contributed by atoms with Crippen molar-refractivity contribution in [2.45, 2.75) is 20.0 Å². The first kappa shape index (κ1) is 23.5. The number of amides is 2. The Morgan fingerprint density at radius 2 is 1.70 bits per heavy atom. The Morgan fingerprint density at radius 3 is 2.42 bits per heavy atom. The summed E-state index contributed by atoms with van der Waals surface area (Å²) < 4.78 is 24.1. The van der Waals surface area contributed by atoms with Crippen molar-refractivity contribution in [3.8, 4) is 11.5 Å². The molecule has 0 atom stereocenters. The van der Waals surface area contributed by atoms with E-state index in [1.165, 1.54) is 18.3 Å². The van der Waals surface area contributed by atoms with Gasteiger partial charge in [-0.3, -0.25) is 9.59 Å². The van der Waals surface area contributed by atoms with Crippen molar-refractivity contribution in [3.63, 3.8) is 0 Å². The molecule has 0 spiro atoms. The Balaban J connectivity index is 1.47. The summed E-state index contributed by atoms with van der Waals surface area (Å²) in [6.07, 6.45) is 2.29. The van der Waals surface area contributed by atoms with E-state index in [9.17, 15) is 14.0 Å². The summed E-state index contributed by atoms with van der Waals surface area (Å²) in [4.78, 5) is 24.0. The van der Waals surface area contributed by atoms with Gasteiger partial charge in [0.15, 0.2) is 0 Å². The average Bonchev–Trinajstić information content (AvgIpc) is 2.83. The summed E-state index contributed by atoms with van der Waals surface area (Å²) in [6.45, 7) is 2.90. The van der Waals surface area contributed by atoms with Crippen LogP contribution in [0.25, 0.3) is 0 Å². The fraction of sp³-hybridized carbons (Fsp3) is 0.160. The lowest BCUT2D eigenvalue weighted by Crippen LogP contribution is -2.32. The largest absolute Gasteiger partial charge is 0.494 e. The third-order valence-corrected chi connectivity index (χ3v) is 4.35. The van der Waals surface area contributed by atoms with Gasteiger partial charge in [-0.15, -0.1) is 0 Å². The van der Waals surface area contributed by atoms with Gasteiger partial charge in [-0.1, -0.05) is 31.2 Å². The van der Waals surface area contributed by atoms with E-state index in [1.807, 2.05) is 6.92 Å². The molecule has 0 saturated heterocycles. The molecule has 8 heteroatoms. The highest BCUT2D eigenvalue weighted by molar-refractivity contribution is 6.39. The Hall–Kier alpha value is -4.20. The molecule has 0 radical (unpaired) electrons. The van der Waals surface area contributed by atoms with Gasteiger partial charge in [-0.05, 0) is 66.1 Å². The Labute approximate surface area is 191 Å². The van der Waals surface area contributed by atoms with Crippen LogP contribution in [0.4, 0.5) is 10.1 Å². The van der Waals surface area contributed by atoms with E-state index >= 15 is 0 Å². The molecule has 0 aliphatic rings. The highest BCUT2D eigenvalue weighted by Crippen LogP contribution is 2.16. The third-order valence-electron chi connectivity index (χ3n) is 4.35. The highest BCUT2D eigenvalue weighted by atomic mass is 19.1. The van der Waals surface area contributed by atoms with E-state index in [1.54, 1.807) is 60.7 Å². The van der Waals surface area contributed by atoms with E-state index in [-0.39, 0.29) is 12.4 Å². The molecule has 3 aromatic rings. The topological polar surface area (TPSA) is 89.0 Å². The molecule has 3 aromatic carbocycles. The number of nitrogens with zero attached hydrogens (tertiary/aromatic N) is 1. The van der Waals surface area contributed by atoms with E-state index in [0.717, 1.165) is 12.0 Å². The maximum atomic E-state index is 13.0. The number of carbonyl (C=O) groups excluding carboxylic acids is 2. The fourth-order valence-corrected chi connectivity index (χ4v) is 2.69. The quantitative estimate of drug-likeness (QED) is 0.290. The normalized spacial score (nSPS) is 10.6. The smallest absolute Gasteiger partial charge is 0.329 e. The minimum Gasteiger partial charge on any atom is -0.494 e. The Kier molecular flexibility index (Phi) is 8.53. The number of hydrogen-bond donors (Lipinski definition) is 2. The first-order chi connectivity index (χ1) is 16.0. The molecule has 0 fully saturated rings. The van der Waals surface area contributed by atoms with Crippen LogP contribution in [0.5, 0.6) is 11.5 Å². The van der Waals surface area contributed by atoms with Gasteiger partial charge in [-0.2, -0.15) is 5.10 Å². The first-order valence-electron chi connectivity index (χ1n) is 10.4. The lowest BCUT2D eigenvalue weighted by molar-refractivity contribution is -0.136. The average molecular weight is 449 g/mol. The number of nitrogens with one attached hydrogen (secondary N) is 2. The molecule has 0 bridgehead atoms. The summed E-state index contributed by atoms with van der Waals surface area (Å²) in [5.41, 5.74) is 4.15. The molecular weight excluding hydrogens is 425 g/mol. The number of ether oxygens (including phenoxy) is 2. The molecule has 0 heterocycles. The minimum atomic E-state index is -0.902. The number of benzene rings is 3. The minimum absolute atomic E-state index is 0.281. The Bertz CT molecular complexity index is 1100. The van der Waals surface area contributed by atoms with Crippen molar-refractivity contribution in [2.24, 2.45) is 5.10 Å². The van der Waals surface area contributed by atoms with Gasteiger partial charge in [-0.25, -0.2) is 9.82 Å². The molecule has 2 N–H and O–H groups in total. The van der Waals surface area contributed by atoms with Crippen LogP contribution in [0.3, 0.4) is 0 Å². The van der Waals surface area contributed by atoms with Crippen molar-refractivity contribution in [3.05, 3.63) is 89.7 Å². The van der Waals surface area contributed by atoms with Crippen LogP contribution in [0.2, 0.25) is 0 Å². The maximum absolute atomic E-state index is 13.0. The zero-order valence-electron chi connectivity index (χ0n) is 18.1.